The summed E-state index contributed by atoms with van der Waals surface area (Å²) in [5.41, 5.74) is 1.06. The molecule has 1 aromatic carbocycles. The van der Waals surface area contributed by atoms with Crippen LogP contribution in [0.25, 0.3) is 0 Å². The van der Waals surface area contributed by atoms with E-state index in [4.69, 9.17) is 33.0 Å². The lowest BCUT2D eigenvalue weighted by Gasteiger charge is -2.34. The third-order valence-electron chi connectivity index (χ3n) is 3.33. The predicted molar refractivity (Wildman–Crippen MR) is 89.2 cm³/mol. The number of benzene rings is 1. The number of carboxylic acids is 1. The summed E-state index contributed by atoms with van der Waals surface area (Å²) in [4.78, 5) is 23.3. The Balaban J connectivity index is 0.000000253. The predicted octanol–water partition coefficient (Wildman–Crippen LogP) is 2.80. The minimum absolute atomic E-state index is 0.0657. The minimum atomic E-state index is -1.04. The quantitative estimate of drug-likeness (QED) is 0.866. The van der Waals surface area contributed by atoms with Gasteiger partial charge in [-0.1, -0.05) is 29.3 Å². The van der Waals surface area contributed by atoms with E-state index in [-0.39, 0.29) is 12.1 Å². The number of ether oxygens (including phenoxy) is 1. The van der Waals surface area contributed by atoms with E-state index < -0.39 is 12.0 Å². The molecule has 2 amide bonds. The molecule has 6 nitrogen and oxygen atoms in total. The average molecular weight is 363 g/mol. The highest BCUT2D eigenvalue weighted by Gasteiger charge is 2.28. The zero-order valence-corrected chi connectivity index (χ0v) is 14.7. The molecule has 0 aliphatic carbocycles. The van der Waals surface area contributed by atoms with E-state index in [1.807, 2.05) is 19.1 Å². The van der Waals surface area contributed by atoms with Gasteiger partial charge in [-0.3, -0.25) is 4.79 Å². The van der Waals surface area contributed by atoms with Gasteiger partial charge in [-0.05, 0) is 31.5 Å². The normalized spacial score (nSPS) is 14.8. The molecule has 0 aromatic heterocycles. The van der Waals surface area contributed by atoms with E-state index in [0.717, 1.165) is 10.6 Å². The number of carbonyl (C=O) groups is 2. The molecule has 2 rings (SSSR count). The zero-order chi connectivity index (χ0) is 17.6. The van der Waals surface area contributed by atoms with Crippen LogP contribution >= 0.6 is 23.2 Å². The van der Waals surface area contributed by atoms with Crippen LogP contribution in [0.15, 0.2) is 18.2 Å². The summed E-state index contributed by atoms with van der Waals surface area (Å²) in [5.74, 6) is -1.04. The molecular formula is C15H20Cl2N2O4. The molecule has 1 heterocycles. The highest BCUT2D eigenvalue weighted by atomic mass is 35.5. The molecule has 128 valence electrons. The second-order valence-corrected chi connectivity index (χ2v) is 6.05. The summed E-state index contributed by atoms with van der Waals surface area (Å²) >= 11 is 11.4. The lowest BCUT2D eigenvalue weighted by atomic mass is 10.2. The van der Waals surface area contributed by atoms with Crippen molar-refractivity contribution in [1.29, 1.82) is 0 Å². The van der Waals surface area contributed by atoms with Crippen molar-refractivity contribution in [2.45, 2.75) is 25.9 Å². The van der Waals surface area contributed by atoms with E-state index in [2.05, 4.69) is 5.32 Å². The van der Waals surface area contributed by atoms with Gasteiger partial charge in [-0.15, -0.1) is 0 Å². The highest BCUT2D eigenvalue weighted by molar-refractivity contribution is 6.35. The van der Waals surface area contributed by atoms with Crippen LogP contribution in [0.4, 0.5) is 4.79 Å². The second kappa shape index (κ2) is 8.96. The summed E-state index contributed by atoms with van der Waals surface area (Å²) in [5, 5.41) is 12.3. The van der Waals surface area contributed by atoms with Crippen molar-refractivity contribution in [1.82, 2.24) is 10.2 Å². The van der Waals surface area contributed by atoms with Gasteiger partial charge in [-0.25, -0.2) is 4.79 Å². The first kappa shape index (κ1) is 19.5. The molecule has 1 unspecified atom stereocenters. The van der Waals surface area contributed by atoms with Crippen LogP contribution in [0, 0.1) is 6.92 Å². The first-order chi connectivity index (χ1) is 10.7. The SMILES string of the molecule is CC(NC(=O)N(C)C1COC1)C(=O)O.Cc1ccc(Cl)cc1Cl. The van der Waals surface area contributed by atoms with Crippen molar-refractivity contribution in [3.63, 3.8) is 0 Å². The molecule has 0 radical (unpaired) electrons. The highest BCUT2D eigenvalue weighted by Crippen LogP contribution is 2.19. The Morgan fingerprint density at radius 2 is 2.00 bits per heavy atom. The number of likely N-dealkylation sites (N-methyl/N-ethyl adjacent to an activating group) is 1. The van der Waals surface area contributed by atoms with Crippen LogP contribution in [0.5, 0.6) is 0 Å². The van der Waals surface area contributed by atoms with Gasteiger partial charge >= 0.3 is 12.0 Å². The van der Waals surface area contributed by atoms with Gasteiger partial charge in [-0.2, -0.15) is 0 Å². The maximum Gasteiger partial charge on any atom is 0.325 e. The first-order valence-electron chi connectivity index (χ1n) is 6.98. The molecule has 23 heavy (non-hydrogen) atoms. The molecule has 1 aliphatic rings. The topological polar surface area (TPSA) is 78.9 Å². The number of carboxylic acid groups (broad SMARTS) is 1. The van der Waals surface area contributed by atoms with E-state index in [1.54, 1.807) is 13.1 Å². The molecule has 1 atom stereocenters. The van der Waals surface area contributed by atoms with E-state index >= 15 is 0 Å². The fourth-order valence-corrected chi connectivity index (χ4v) is 1.94. The number of rotatable bonds is 3. The monoisotopic (exact) mass is 362 g/mol. The number of nitrogens with zero attached hydrogens (tertiary/aromatic N) is 1. The molecule has 2 N–H and O–H groups in total. The maximum atomic E-state index is 11.4. The summed E-state index contributed by atoms with van der Waals surface area (Å²) in [6.07, 6.45) is 0. The van der Waals surface area contributed by atoms with Crippen LogP contribution < -0.4 is 5.32 Å². The maximum absolute atomic E-state index is 11.4. The molecule has 1 saturated heterocycles. The lowest BCUT2D eigenvalue weighted by Crippen LogP contribution is -2.55. The molecular weight excluding hydrogens is 343 g/mol. The van der Waals surface area contributed by atoms with Crippen LogP contribution in [0.1, 0.15) is 12.5 Å². The van der Waals surface area contributed by atoms with Crippen LogP contribution in [0.3, 0.4) is 0 Å². The van der Waals surface area contributed by atoms with E-state index in [9.17, 15) is 9.59 Å². The first-order valence-corrected chi connectivity index (χ1v) is 7.73. The Hall–Kier alpha value is -1.50. The Bertz CT molecular complexity index is 564. The number of aryl methyl sites for hydroxylation is 1. The molecule has 0 saturated carbocycles. The number of hydrogen-bond acceptors (Lipinski definition) is 3. The lowest BCUT2D eigenvalue weighted by molar-refractivity contribution is -0.138. The third-order valence-corrected chi connectivity index (χ3v) is 3.98. The van der Waals surface area contributed by atoms with Gasteiger partial charge in [0, 0.05) is 17.1 Å². The van der Waals surface area contributed by atoms with Gasteiger partial charge in [0.15, 0.2) is 0 Å². The van der Waals surface area contributed by atoms with E-state index in [0.29, 0.717) is 18.2 Å². The van der Waals surface area contributed by atoms with E-state index in [1.165, 1.54) is 11.8 Å². The van der Waals surface area contributed by atoms with Gasteiger partial charge in [0.1, 0.15) is 6.04 Å². The Morgan fingerprint density at radius 1 is 1.39 bits per heavy atom. The summed E-state index contributed by atoms with van der Waals surface area (Å²) in [6.45, 7) is 4.40. The number of carbonyl (C=O) groups excluding carboxylic acids is 1. The molecule has 1 fully saturated rings. The van der Waals surface area contributed by atoms with Crippen LogP contribution in [-0.2, 0) is 9.53 Å². The van der Waals surface area contributed by atoms with Gasteiger partial charge in [0.25, 0.3) is 0 Å². The molecule has 1 aliphatic heterocycles. The molecule has 8 heteroatoms. The number of urea groups is 1. The standard InChI is InChI=1S/C8H14N2O4.C7H6Cl2/c1-5(7(11)12)9-8(13)10(2)6-3-14-4-6;1-5-2-3-6(8)4-7(5)9/h5-6H,3-4H2,1-2H3,(H,9,13)(H,11,12);2-4H,1H3. The Labute approximate surface area is 145 Å². The molecule has 0 bridgehead atoms. The number of hydrogen-bond donors (Lipinski definition) is 2. The summed E-state index contributed by atoms with van der Waals surface area (Å²) in [7, 11) is 1.62. The summed E-state index contributed by atoms with van der Waals surface area (Å²) in [6, 6.07) is 4.27. The van der Waals surface area contributed by atoms with Crippen LogP contribution in [-0.4, -0.2) is 54.4 Å². The van der Waals surface area contributed by atoms with Crippen molar-refractivity contribution in [2.75, 3.05) is 20.3 Å². The fraction of sp³-hybridized carbons (Fsp3) is 0.467. The number of halogens is 2. The Morgan fingerprint density at radius 3 is 2.39 bits per heavy atom. The van der Waals surface area contributed by atoms with Crippen molar-refractivity contribution in [3.8, 4) is 0 Å². The van der Waals surface area contributed by atoms with Crippen molar-refractivity contribution < 1.29 is 19.4 Å². The van der Waals surface area contributed by atoms with Crippen molar-refractivity contribution in [2.24, 2.45) is 0 Å². The number of aliphatic carboxylic acids is 1. The number of amides is 2. The molecule has 1 aromatic rings. The van der Waals surface area contributed by atoms with Crippen molar-refractivity contribution in [3.05, 3.63) is 33.8 Å². The van der Waals surface area contributed by atoms with Gasteiger partial charge < -0.3 is 20.1 Å². The minimum Gasteiger partial charge on any atom is -0.480 e. The third kappa shape index (κ3) is 6.25. The average Bonchev–Trinajstić information content (AvgIpc) is 2.41. The summed E-state index contributed by atoms with van der Waals surface area (Å²) < 4.78 is 4.92. The van der Waals surface area contributed by atoms with Crippen molar-refractivity contribution >= 4 is 35.2 Å². The number of nitrogens with one attached hydrogen (secondary N) is 1. The zero-order valence-electron chi connectivity index (χ0n) is 13.2. The van der Waals surface area contributed by atoms with Gasteiger partial charge in [0.05, 0.1) is 19.3 Å². The Kier molecular flexibility index (Phi) is 7.61. The molecule has 0 spiro atoms. The second-order valence-electron chi connectivity index (χ2n) is 5.21. The largest absolute Gasteiger partial charge is 0.480 e. The smallest absolute Gasteiger partial charge is 0.325 e. The van der Waals surface area contributed by atoms with Gasteiger partial charge in [0.2, 0.25) is 0 Å². The van der Waals surface area contributed by atoms with Crippen LogP contribution in [0.2, 0.25) is 10.0 Å². The fourth-order valence-electron chi connectivity index (χ4n) is 1.53.